The minimum absolute atomic E-state index is 0.0554. The van der Waals surface area contributed by atoms with Gasteiger partial charge in [0.15, 0.2) is 9.84 Å². The molecule has 2 aromatic carbocycles. The van der Waals surface area contributed by atoms with E-state index in [0.717, 1.165) is 55.3 Å². The largest absolute Gasteiger partial charge is 0.417 e. The van der Waals surface area contributed by atoms with E-state index in [9.17, 15) is 26.4 Å². The third kappa shape index (κ3) is 6.40. The Bertz CT molecular complexity index is 1600. The van der Waals surface area contributed by atoms with Crippen molar-refractivity contribution in [2.24, 2.45) is 0 Å². The molecule has 0 spiro atoms. The van der Waals surface area contributed by atoms with Crippen LogP contribution in [0.25, 0.3) is 21.8 Å². The summed E-state index contributed by atoms with van der Waals surface area (Å²) in [7, 11) is -3.22. The van der Waals surface area contributed by atoms with Crippen LogP contribution in [0.1, 0.15) is 68.7 Å². The highest BCUT2D eigenvalue weighted by Crippen LogP contribution is 2.39. The van der Waals surface area contributed by atoms with Crippen molar-refractivity contribution in [1.82, 2.24) is 9.55 Å². The fourth-order valence-corrected chi connectivity index (χ4v) is 6.96. The minimum Gasteiger partial charge on any atom is -0.344 e. The van der Waals surface area contributed by atoms with Crippen molar-refractivity contribution in [3.8, 4) is 0 Å². The SMILES string of the molecule is CCc1c(C)c2c3c(C(F)(F)F)cc(=O)[nH]c3ccc2n1CCCCCCCCCS(=O)(=O)c1ccccc1. The molecule has 0 aliphatic carbocycles. The topological polar surface area (TPSA) is 71.9 Å². The Kier molecular flexibility index (Phi) is 8.89. The molecule has 0 radical (unpaired) electrons. The zero-order valence-electron chi connectivity index (χ0n) is 22.4. The predicted molar refractivity (Wildman–Crippen MR) is 150 cm³/mol. The molecule has 0 saturated heterocycles. The lowest BCUT2D eigenvalue weighted by molar-refractivity contribution is -0.136. The molecule has 210 valence electrons. The summed E-state index contributed by atoms with van der Waals surface area (Å²) in [5.74, 6) is 0.162. The normalized spacial score (nSPS) is 12.5. The fourth-order valence-electron chi connectivity index (χ4n) is 5.57. The van der Waals surface area contributed by atoms with Gasteiger partial charge in [-0.15, -0.1) is 0 Å². The zero-order chi connectivity index (χ0) is 28.2. The molecule has 9 heteroatoms. The van der Waals surface area contributed by atoms with Crippen LogP contribution < -0.4 is 5.56 Å². The van der Waals surface area contributed by atoms with Crippen LogP contribution in [0.5, 0.6) is 0 Å². The number of aromatic amines is 1. The lowest BCUT2D eigenvalue weighted by Crippen LogP contribution is -2.14. The van der Waals surface area contributed by atoms with E-state index in [4.69, 9.17) is 0 Å². The number of aryl methyl sites for hydroxylation is 2. The van der Waals surface area contributed by atoms with Crippen LogP contribution in [0.4, 0.5) is 13.2 Å². The Morgan fingerprint density at radius 3 is 2.15 bits per heavy atom. The summed E-state index contributed by atoms with van der Waals surface area (Å²) in [6.45, 7) is 4.57. The molecule has 0 atom stereocenters. The van der Waals surface area contributed by atoms with E-state index in [2.05, 4.69) is 9.55 Å². The average Bonchev–Trinajstić information content (AvgIpc) is 3.17. The lowest BCUT2D eigenvalue weighted by Gasteiger charge is -2.12. The first kappa shape index (κ1) is 28.9. The number of nitrogens with zero attached hydrogens (tertiary/aromatic N) is 1. The molecule has 1 N–H and O–H groups in total. The Labute approximate surface area is 227 Å². The van der Waals surface area contributed by atoms with Crippen molar-refractivity contribution in [2.45, 2.75) is 82.8 Å². The van der Waals surface area contributed by atoms with Crippen LogP contribution in [-0.4, -0.2) is 23.7 Å². The van der Waals surface area contributed by atoms with Crippen molar-refractivity contribution < 1.29 is 21.6 Å². The zero-order valence-corrected chi connectivity index (χ0v) is 23.2. The molecule has 4 aromatic rings. The number of H-pyrrole nitrogens is 1. The quantitative estimate of drug-likeness (QED) is 0.182. The number of unbranched alkanes of at least 4 members (excludes halogenated alkanes) is 6. The van der Waals surface area contributed by atoms with Crippen molar-refractivity contribution in [3.05, 3.63) is 75.7 Å². The molecule has 39 heavy (non-hydrogen) atoms. The number of hydrogen-bond donors (Lipinski definition) is 1. The molecule has 0 bridgehead atoms. The maximum absolute atomic E-state index is 13.9. The van der Waals surface area contributed by atoms with E-state index in [1.165, 1.54) is 0 Å². The van der Waals surface area contributed by atoms with Gasteiger partial charge in [-0.3, -0.25) is 4.79 Å². The number of pyridine rings is 1. The van der Waals surface area contributed by atoms with Gasteiger partial charge in [-0.1, -0.05) is 57.2 Å². The summed E-state index contributed by atoms with van der Waals surface area (Å²) in [6.07, 6.45) is 2.47. The second-order valence-electron chi connectivity index (χ2n) is 10.1. The maximum atomic E-state index is 13.9. The van der Waals surface area contributed by atoms with E-state index in [0.29, 0.717) is 35.7 Å². The number of benzene rings is 2. The molecule has 0 unspecified atom stereocenters. The maximum Gasteiger partial charge on any atom is 0.417 e. The summed E-state index contributed by atoms with van der Waals surface area (Å²) in [5, 5.41) is 0.609. The molecule has 4 rings (SSSR count). The van der Waals surface area contributed by atoms with E-state index in [-0.39, 0.29) is 16.7 Å². The highest BCUT2D eigenvalue weighted by molar-refractivity contribution is 7.91. The van der Waals surface area contributed by atoms with Gasteiger partial charge in [0.05, 0.1) is 16.2 Å². The van der Waals surface area contributed by atoms with Gasteiger partial charge in [0.2, 0.25) is 5.56 Å². The van der Waals surface area contributed by atoms with Crippen LogP contribution in [0, 0.1) is 6.92 Å². The van der Waals surface area contributed by atoms with Crippen molar-refractivity contribution in [1.29, 1.82) is 0 Å². The number of alkyl halides is 3. The first-order chi connectivity index (χ1) is 18.5. The molecule has 0 amide bonds. The van der Waals surface area contributed by atoms with Crippen LogP contribution in [-0.2, 0) is 29.0 Å². The van der Waals surface area contributed by atoms with Crippen LogP contribution in [0.2, 0.25) is 0 Å². The third-order valence-electron chi connectivity index (χ3n) is 7.45. The monoisotopic (exact) mass is 560 g/mol. The Morgan fingerprint density at radius 2 is 1.51 bits per heavy atom. The van der Waals surface area contributed by atoms with Gasteiger partial charge in [-0.25, -0.2) is 8.42 Å². The number of hydrogen-bond acceptors (Lipinski definition) is 3. The predicted octanol–water partition coefficient (Wildman–Crippen LogP) is 7.58. The third-order valence-corrected chi connectivity index (χ3v) is 9.26. The van der Waals surface area contributed by atoms with E-state index >= 15 is 0 Å². The Morgan fingerprint density at radius 1 is 0.872 bits per heavy atom. The summed E-state index contributed by atoms with van der Waals surface area (Å²) in [4.78, 5) is 14.8. The summed E-state index contributed by atoms with van der Waals surface area (Å²) < 4.78 is 68.5. The first-order valence-corrected chi connectivity index (χ1v) is 15.2. The van der Waals surface area contributed by atoms with E-state index in [1.807, 2.05) is 19.9 Å². The van der Waals surface area contributed by atoms with Gasteiger partial charge >= 0.3 is 6.18 Å². The molecular weight excluding hydrogens is 525 g/mol. The average molecular weight is 561 g/mol. The van der Waals surface area contributed by atoms with Crippen LogP contribution >= 0.6 is 0 Å². The fraction of sp³-hybridized carbons (Fsp3) is 0.433. The summed E-state index contributed by atoms with van der Waals surface area (Å²) in [6, 6.07) is 12.6. The number of halogens is 3. The van der Waals surface area contributed by atoms with Gasteiger partial charge in [0.1, 0.15) is 0 Å². The van der Waals surface area contributed by atoms with Crippen LogP contribution in [0.3, 0.4) is 0 Å². The number of fused-ring (bicyclic) bond motifs is 3. The van der Waals surface area contributed by atoms with Gasteiger partial charge in [0.25, 0.3) is 0 Å². The number of nitrogens with one attached hydrogen (secondary N) is 1. The molecular formula is C30H35F3N2O3S. The second kappa shape index (κ2) is 12.0. The van der Waals surface area contributed by atoms with Crippen molar-refractivity contribution in [2.75, 3.05) is 5.75 Å². The van der Waals surface area contributed by atoms with Crippen molar-refractivity contribution in [3.63, 3.8) is 0 Å². The van der Waals surface area contributed by atoms with Crippen LogP contribution in [0.15, 0.2) is 58.2 Å². The number of aromatic nitrogens is 2. The summed E-state index contributed by atoms with van der Waals surface area (Å²) >= 11 is 0. The van der Waals surface area contributed by atoms with Gasteiger partial charge in [0, 0.05) is 40.1 Å². The summed E-state index contributed by atoms with van der Waals surface area (Å²) in [5.41, 5.74) is 1.12. The highest BCUT2D eigenvalue weighted by atomic mass is 32.2. The smallest absolute Gasteiger partial charge is 0.344 e. The second-order valence-corrected chi connectivity index (χ2v) is 12.2. The molecule has 2 aromatic heterocycles. The van der Waals surface area contributed by atoms with Gasteiger partial charge in [-0.2, -0.15) is 13.2 Å². The first-order valence-electron chi connectivity index (χ1n) is 13.6. The minimum atomic E-state index is -4.63. The molecule has 0 saturated carbocycles. The molecule has 0 aliphatic rings. The molecule has 2 heterocycles. The highest BCUT2D eigenvalue weighted by Gasteiger charge is 2.34. The molecule has 0 aliphatic heterocycles. The van der Waals surface area contributed by atoms with Gasteiger partial charge in [-0.05, 0) is 56.0 Å². The molecule has 0 fully saturated rings. The lowest BCUT2D eigenvalue weighted by atomic mass is 10.0. The van der Waals surface area contributed by atoms with Crippen molar-refractivity contribution >= 4 is 31.6 Å². The van der Waals surface area contributed by atoms with E-state index in [1.54, 1.807) is 36.4 Å². The number of sulfone groups is 1. The Balaban J connectivity index is 1.36. The van der Waals surface area contributed by atoms with E-state index < -0.39 is 27.1 Å². The Hall–Kier alpha value is -3.07. The van der Waals surface area contributed by atoms with Gasteiger partial charge < -0.3 is 9.55 Å². The number of rotatable bonds is 12. The molecule has 5 nitrogen and oxygen atoms in total. The standard InChI is InChI=1S/C30H35F3N2O3S/c1-3-25-21(2)28-26(17-16-24-29(28)23(30(31,32)33)20-27(36)34-24)35(25)18-12-7-5-4-6-8-13-19-39(37,38)22-14-10-9-11-15-22/h9-11,14-17,20H,3-8,12-13,18-19H2,1-2H3,(H,34,36).